The predicted octanol–water partition coefficient (Wildman–Crippen LogP) is 4.28. The Balaban J connectivity index is 1.47. The second kappa shape index (κ2) is 11.2. The molecule has 3 aromatic rings. The number of piperidine rings is 1. The van der Waals surface area contributed by atoms with E-state index in [0.29, 0.717) is 53.9 Å². The quantitative estimate of drug-likeness (QED) is 0.352. The first-order valence-electron chi connectivity index (χ1n) is 13.2. The van der Waals surface area contributed by atoms with E-state index in [1.807, 2.05) is 18.4 Å². The van der Waals surface area contributed by atoms with E-state index >= 15 is 0 Å². The SMILES string of the molecule is C=CC(=O)N1CC[C@H](N2CC(C#Cc3c(-c4ccc(Cl)c(C(F)F)c4)c4c(N)ncnc4n3C(C)C)C2)[C@H](O)C1. The van der Waals surface area contributed by atoms with Crippen molar-refractivity contribution < 1.29 is 18.7 Å². The van der Waals surface area contributed by atoms with Gasteiger partial charge in [0.1, 0.15) is 23.5 Å². The zero-order valence-electron chi connectivity index (χ0n) is 22.3. The van der Waals surface area contributed by atoms with Crippen LogP contribution in [0.15, 0.2) is 37.2 Å². The minimum atomic E-state index is -2.74. The third-order valence-corrected chi connectivity index (χ3v) is 8.00. The molecule has 1 amide bonds. The van der Waals surface area contributed by atoms with Crippen LogP contribution >= 0.6 is 11.6 Å². The third-order valence-electron chi connectivity index (χ3n) is 7.65. The van der Waals surface area contributed by atoms with Gasteiger partial charge in [-0.1, -0.05) is 30.2 Å². The number of benzene rings is 1. The second-order valence-corrected chi connectivity index (χ2v) is 10.9. The standard InChI is InChI=1S/C29H31ClF2N6O2/c1-4-24(40)36-10-9-21(23(39)14-36)37-12-17(13-37)5-8-22-25(18-6-7-20(30)19(11-18)27(31)32)26-28(33)34-15-35-29(26)38(22)16(2)3/h4,6-7,11,15-17,21,23,27,39H,1,9-10,12-14H2,2-3H3,(H2,33,34,35)/t21-,23+/m0/s1. The third kappa shape index (κ3) is 5.05. The zero-order valence-corrected chi connectivity index (χ0v) is 23.1. The monoisotopic (exact) mass is 568 g/mol. The number of nitrogens with two attached hydrogens (primary N) is 1. The molecule has 2 aliphatic rings. The highest BCUT2D eigenvalue weighted by molar-refractivity contribution is 6.31. The number of carbonyl (C=O) groups excluding carboxylic acids is 1. The minimum Gasteiger partial charge on any atom is -0.390 e. The van der Waals surface area contributed by atoms with Crippen LogP contribution in [0, 0.1) is 17.8 Å². The van der Waals surface area contributed by atoms with E-state index in [0.717, 1.165) is 0 Å². The van der Waals surface area contributed by atoms with Crippen LogP contribution in [0.3, 0.4) is 0 Å². The Morgan fingerprint density at radius 1 is 1.27 bits per heavy atom. The van der Waals surface area contributed by atoms with E-state index in [9.17, 15) is 18.7 Å². The number of rotatable bonds is 5. The number of hydrogen-bond donors (Lipinski definition) is 2. The molecule has 2 aliphatic heterocycles. The summed E-state index contributed by atoms with van der Waals surface area (Å²) >= 11 is 6.06. The van der Waals surface area contributed by atoms with E-state index in [-0.39, 0.29) is 46.9 Å². The fourth-order valence-electron chi connectivity index (χ4n) is 5.65. The zero-order chi connectivity index (χ0) is 28.7. The normalized spacial score (nSPS) is 20.1. The largest absolute Gasteiger partial charge is 0.390 e. The molecular formula is C29H31ClF2N6O2. The number of amides is 1. The van der Waals surface area contributed by atoms with Crippen molar-refractivity contribution in [1.29, 1.82) is 0 Å². The Kier molecular flexibility index (Phi) is 7.82. The van der Waals surface area contributed by atoms with Crippen molar-refractivity contribution in [2.24, 2.45) is 5.92 Å². The van der Waals surface area contributed by atoms with Crippen LogP contribution in [0.4, 0.5) is 14.6 Å². The molecule has 2 atom stereocenters. The molecular weight excluding hydrogens is 538 g/mol. The molecule has 210 valence electrons. The van der Waals surface area contributed by atoms with Gasteiger partial charge in [-0.3, -0.25) is 9.69 Å². The Bertz CT molecular complexity index is 1520. The number of alkyl halides is 2. The molecule has 0 radical (unpaired) electrons. The number of fused-ring (bicyclic) bond motifs is 1. The molecule has 0 spiro atoms. The first-order chi connectivity index (χ1) is 19.1. The van der Waals surface area contributed by atoms with Gasteiger partial charge in [0.15, 0.2) is 0 Å². The highest BCUT2D eigenvalue weighted by Gasteiger charge is 2.39. The van der Waals surface area contributed by atoms with Gasteiger partial charge < -0.3 is 20.3 Å². The number of aromatic nitrogens is 3. The summed E-state index contributed by atoms with van der Waals surface area (Å²) in [5.74, 6) is 6.80. The van der Waals surface area contributed by atoms with Crippen molar-refractivity contribution in [2.45, 2.75) is 44.9 Å². The average molecular weight is 569 g/mol. The maximum atomic E-state index is 13.7. The summed E-state index contributed by atoms with van der Waals surface area (Å²) in [7, 11) is 0. The van der Waals surface area contributed by atoms with Gasteiger partial charge in [0.05, 0.1) is 11.5 Å². The average Bonchev–Trinajstić information content (AvgIpc) is 3.23. The Morgan fingerprint density at radius 3 is 2.67 bits per heavy atom. The van der Waals surface area contributed by atoms with Gasteiger partial charge in [-0.05, 0) is 50.0 Å². The molecule has 0 aliphatic carbocycles. The number of likely N-dealkylation sites (tertiary alicyclic amines) is 2. The van der Waals surface area contributed by atoms with Crippen molar-refractivity contribution in [1.82, 2.24) is 24.3 Å². The molecule has 2 fully saturated rings. The topological polar surface area (TPSA) is 101 Å². The van der Waals surface area contributed by atoms with Gasteiger partial charge in [-0.2, -0.15) is 0 Å². The fraction of sp³-hybridized carbons (Fsp3) is 0.414. The molecule has 3 N–H and O–H groups in total. The number of nitrogen functional groups attached to an aromatic ring is 1. The molecule has 8 nitrogen and oxygen atoms in total. The van der Waals surface area contributed by atoms with Crippen molar-refractivity contribution in [3.63, 3.8) is 0 Å². The molecule has 0 saturated carbocycles. The summed E-state index contributed by atoms with van der Waals surface area (Å²) in [5, 5.41) is 11.2. The Hall–Kier alpha value is -3.52. The molecule has 40 heavy (non-hydrogen) atoms. The number of aliphatic hydroxyl groups is 1. The van der Waals surface area contributed by atoms with Crippen LogP contribution in [0.25, 0.3) is 22.2 Å². The summed E-state index contributed by atoms with van der Waals surface area (Å²) < 4.78 is 29.4. The molecule has 11 heteroatoms. The van der Waals surface area contributed by atoms with Gasteiger partial charge in [0, 0.05) is 60.3 Å². The van der Waals surface area contributed by atoms with Crippen molar-refractivity contribution in [3.05, 3.63) is 53.5 Å². The molecule has 0 bridgehead atoms. The molecule has 2 saturated heterocycles. The summed E-state index contributed by atoms with van der Waals surface area (Å²) in [4.78, 5) is 24.3. The Labute approximate surface area is 236 Å². The molecule has 5 rings (SSSR count). The van der Waals surface area contributed by atoms with Crippen molar-refractivity contribution >= 4 is 34.4 Å². The summed E-state index contributed by atoms with van der Waals surface area (Å²) in [6, 6.07) is 4.42. The number of halogens is 3. The number of aliphatic hydroxyl groups excluding tert-OH is 1. The number of anilines is 1. The summed E-state index contributed by atoms with van der Waals surface area (Å²) in [6.45, 7) is 9.72. The van der Waals surface area contributed by atoms with Crippen LogP contribution in [-0.2, 0) is 4.79 Å². The first kappa shape index (κ1) is 28.0. The van der Waals surface area contributed by atoms with Crippen molar-refractivity contribution in [3.8, 4) is 23.0 Å². The fourth-order valence-corrected chi connectivity index (χ4v) is 5.85. The van der Waals surface area contributed by atoms with Gasteiger partial charge in [0.2, 0.25) is 5.91 Å². The summed E-state index contributed by atoms with van der Waals surface area (Å²) in [5.41, 5.74) is 8.33. The van der Waals surface area contributed by atoms with Crippen LogP contribution in [0.2, 0.25) is 5.02 Å². The number of β-amino-alcohol motifs (C(OH)–C–C–N with tert-alkyl or cyclic N) is 1. The lowest BCUT2D eigenvalue weighted by Crippen LogP contribution is -2.61. The van der Waals surface area contributed by atoms with Crippen LogP contribution in [0.1, 0.15) is 44.0 Å². The molecule has 2 aromatic heterocycles. The van der Waals surface area contributed by atoms with E-state index < -0.39 is 12.5 Å². The van der Waals surface area contributed by atoms with Crippen LogP contribution < -0.4 is 5.73 Å². The maximum Gasteiger partial charge on any atom is 0.265 e. The van der Waals surface area contributed by atoms with Gasteiger partial charge in [0.25, 0.3) is 6.43 Å². The van der Waals surface area contributed by atoms with E-state index in [1.165, 1.54) is 24.5 Å². The Morgan fingerprint density at radius 2 is 2.02 bits per heavy atom. The maximum absolute atomic E-state index is 13.7. The molecule has 1 aromatic carbocycles. The van der Waals surface area contributed by atoms with Crippen LogP contribution in [-0.4, -0.2) is 73.7 Å². The summed E-state index contributed by atoms with van der Waals surface area (Å²) in [6.07, 6.45) is -0.0604. The smallest absolute Gasteiger partial charge is 0.265 e. The van der Waals surface area contributed by atoms with Gasteiger partial charge >= 0.3 is 0 Å². The number of nitrogens with zero attached hydrogens (tertiary/aromatic N) is 5. The number of carbonyl (C=O) groups is 1. The lowest BCUT2D eigenvalue weighted by Gasteiger charge is -2.47. The molecule has 0 unspecified atom stereocenters. The lowest BCUT2D eigenvalue weighted by molar-refractivity contribution is -0.132. The lowest BCUT2D eigenvalue weighted by atomic mass is 9.91. The molecule has 4 heterocycles. The second-order valence-electron chi connectivity index (χ2n) is 10.5. The van der Waals surface area contributed by atoms with Crippen molar-refractivity contribution in [2.75, 3.05) is 31.9 Å². The van der Waals surface area contributed by atoms with Gasteiger partial charge in [-0.15, -0.1) is 0 Å². The van der Waals surface area contributed by atoms with E-state index in [1.54, 1.807) is 11.0 Å². The van der Waals surface area contributed by atoms with E-state index in [4.69, 9.17) is 17.3 Å². The van der Waals surface area contributed by atoms with Gasteiger partial charge in [-0.25, -0.2) is 18.7 Å². The highest BCUT2D eigenvalue weighted by Crippen LogP contribution is 2.40. The minimum absolute atomic E-state index is 0.0142. The predicted molar refractivity (Wildman–Crippen MR) is 151 cm³/mol. The number of hydrogen-bond acceptors (Lipinski definition) is 6. The van der Waals surface area contributed by atoms with Crippen LogP contribution in [0.5, 0.6) is 0 Å². The van der Waals surface area contributed by atoms with E-state index in [2.05, 4.69) is 33.3 Å². The first-order valence-corrected chi connectivity index (χ1v) is 13.6. The highest BCUT2D eigenvalue weighted by atomic mass is 35.5.